The number of benzene rings is 1. The van der Waals surface area contributed by atoms with Crippen molar-refractivity contribution in [1.29, 1.82) is 0 Å². The molecule has 0 radical (unpaired) electrons. The number of hydrogen-bond donors (Lipinski definition) is 2. The van der Waals surface area contributed by atoms with Crippen LogP contribution in [0.2, 0.25) is 0 Å². The molecule has 3 nitrogen and oxygen atoms in total. The Morgan fingerprint density at radius 1 is 1.29 bits per heavy atom. The number of nitrogens with two attached hydrogens (primary N) is 1. The minimum atomic E-state index is 0.0326. The summed E-state index contributed by atoms with van der Waals surface area (Å²) in [6, 6.07) is 10.3. The first-order chi connectivity index (χ1) is 6.68. The molecule has 0 aliphatic heterocycles. The highest BCUT2D eigenvalue weighted by Crippen LogP contribution is 1.97. The number of nitrogens with one attached hydrogen (secondary N) is 1. The van der Waals surface area contributed by atoms with Crippen molar-refractivity contribution in [3.63, 3.8) is 0 Å². The monoisotopic (exact) mass is 193 g/mol. The molecule has 0 saturated carbocycles. The van der Waals surface area contributed by atoms with Gasteiger partial charge in [0, 0.05) is 13.1 Å². The van der Waals surface area contributed by atoms with Crippen LogP contribution in [-0.4, -0.2) is 31.7 Å². The van der Waals surface area contributed by atoms with E-state index in [2.05, 4.69) is 22.3 Å². The summed E-state index contributed by atoms with van der Waals surface area (Å²) in [7, 11) is 4.04. The minimum Gasteiger partial charge on any atom is -0.315 e. The molecule has 0 heterocycles. The fourth-order valence-electron chi connectivity index (χ4n) is 1.30. The Bertz CT molecular complexity index is 246. The highest BCUT2D eigenvalue weighted by Gasteiger charge is 2.02. The summed E-state index contributed by atoms with van der Waals surface area (Å²) in [4.78, 5) is 2.07. The van der Waals surface area contributed by atoms with Crippen LogP contribution in [-0.2, 0) is 6.54 Å². The number of rotatable bonds is 5. The van der Waals surface area contributed by atoms with Gasteiger partial charge in [-0.2, -0.15) is 0 Å². The van der Waals surface area contributed by atoms with Gasteiger partial charge in [0.05, 0.1) is 6.17 Å². The summed E-state index contributed by atoms with van der Waals surface area (Å²) in [6.45, 7) is 1.68. The lowest BCUT2D eigenvalue weighted by Crippen LogP contribution is -2.44. The van der Waals surface area contributed by atoms with Crippen molar-refractivity contribution in [3.05, 3.63) is 35.9 Å². The molecule has 0 saturated heterocycles. The molecule has 1 aromatic carbocycles. The van der Waals surface area contributed by atoms with Crippen LogP contribution >= 0.6 is 0 Å². The summed E-state index contributed by atoms with van der Waals surface area (Å²) in [5.74, 6) is 0. The van der Waals surface area contributed by atoms with E-state index in [4.69, 9.17) is 5.73 Å². The molecule has 3 N–H and O–H groups in total. The van der Waals surface area contributed by atoms with Gasteiger partial charge in [0.25, 0.3) is 0 Å². The van der Waals surface area contributed by atoms with Crippen LogP contribution in [0.15, 0.2) is 30.3 Å². The first-order valence-corrected chi connectivity index (χ1v) is 4.86. The Kier molecular flexibility index (Phi) is 4.59. The maximum atomic E-state index is 5.87. The van der Waals surface area contributed by atoms with Crippen LogP contribution in [0.5, 0.6) is 0 Å². The number of nitrogens with zero attached hydrogens (tertiary/aromatic N) is 1. The van der Waals surface area contributed by atoms with Crippen molar-refractivity contribution >= 4 is 0 Å². The van der Waals surface area contributed by atoms with Crippen molar-refractivity contribution in [2.24, 2.45) is 5.73 Å². The molecule has 1 unspecified atom stereocenters. The standard InChI is InChI=1S/C11H19N3/c1-14(2)9-11(12)13-8-10-6-4-3-5-7-10/h3-7,11,13H,8-9,12H2,1-2H3. The van der Waals surface area contributed by atoms with Crippen LogP contribution in [0.25, 0.3) is 0 Å². The zero-order valence-corrected chi connectivity index (χ0v) is 8.90. The van der Waals surface area contributed by atoms with E-state index in [-0.39, 0.29) is 6.17 Å². The summed E-state index contributed by atoms with van der Waals surface area (Å²) in [5.41, 5.74) is 7.14. The van der Waals surface area contributed by atoms with Crippen LogP contribution < -0.4 is 11.1 Å². The molecule has 14 heavy (non-hydrogen) atoms. The summed E-state index contributed by atoms with van der Waals surface area (Å²) in [6.07, 6.45) is 0.0326. The second kappa shape index (κ2) is 5.75. The second-order valence-corrected chi connectivity index (χ2v) is 3.74. The lowest BCUT2D eigenvalue weighted by atomic mass is 10.2. The van der Waals surface area contributed by atoms with Crippen molar-refractivity contribution in [2.75, 3.05) is 20.6 Å². The fourth-order valence-corrected chi connectivity index (χ4v) is 1.30. The van der Waals surface area contributed by atoms with Gasteiger partial charge in [-0.25, -0.2) is 0 Å². The Morgan fingerprint density at radius 3 is 2.50 bits per heavy atom. The van der Waals surface area contributed by atoms with Crippen LogP contribution in [0, 0.1) is 0 Å². The predicted molar refractivity (Wildman–Crippen MR) is 59.8 cm³/mol. The van der Waals surface area contributed by atoms with Gasteiger partial charge in [-0.15, -0.1) is 0 Å². The van der Waals surface area contributed by atoms with Crippen molar-refractivity contribution in [3.8, 4) is 0 Å². The summed E-state index contributed by atoms with van der Waals surface area (Å²) in [5, 5.41) is 3.27. The molecule has 1 rings (SSSR count). The Labute approximate surface area is 85.9 Å². The van der Waals surface area contributed by atoms with Crippen LogP contribution in [0.3, 0.4) is 0 Å². The van der Waals surface area contributed by atoms with Crippen LogP contribution in [0.1, 0.15) is 5.56 Å². The molecule has 0 fully saturated rings. The van der Waals surface area contributed by atoms with E-state index in [1.54, 1.807) is 0 Å². The van der Waals surface area contributed by atoms with E-state index in [0.717, 1.165) is 13.1 Å². The highest BCUT2D eigenvalue weighted by atomic mass is 15.1. The van der Waals surface area contributed by atoms with E-state index in [1.807, 2.05) is 32.3 Å². The van der Waals surface area contributed by atoms with Gasteiger partial charge in [-0.05, 0) is 19.7 Å². The van der Waals surface area contributed by atoms with Gasteiger partial charge < -0.3 is 10.6 Å². The molecule has 0 bridgehead atoms. The lowest BCUT2D eigenvalue weighted by Gasteiger charge is -2.18. The third kappa shape index (κ3) is 4.37. The third-order valence-electron chi connectivity index (χ3n) is 1.97. The van der Waals surface area contributed by atoms with E-state index in [0.29, 0.717) is 0 Å². The average molecular weight is 193 g/mol. The minimum absolute atomic E-state index is 0.0326. The molecule has 78 valence electrons. The van der Waals surface area contributed by atoms with Gasteiger partial charge in [0.2, 0.25) is 0 Å². The molecular formula is C11H19N3. The first-order valence-electron chi connectivity index (χ1n) is 4.86. The lowest BCUT2D eigenvalue weighted by molar-refractivity contribution is 0.341. The number of hydrogen-bond acceptors (Lipinski definition) is 3. The zero-order valence-electron chi connectivity index (χ0n) is 8.90. The Balaban J connectivity index is 2.27. The maximum absolute atomic E-state index is 5.87. The smallest absolute Gasteiger partial charge is 0.0680 e. The Hall–Kier alpha value is -0.900. The van der Waals surface area contributed by atoms with Crippen molar-refractivity contribution in [1.82, 2.24) is 10.2 Å². The maximum Gasteiger partial charge on any atom is 0.0680 e. The fraction of sp³-hybridized carbons (Fsp3) is 0.455. The van der Waals surface area contributed by atoms with Crippen LogP contribution in [0.4, 0.5) is 0 Å². The SMILES string of the molecule is CN(C)CC(N)NCc1ccccc1. The van der Waals surface area contributed by atoms with Gasteiger partial charge in [-0.1, -0.05) is 30.3 Å². The molecule has 0 spiro atoms. The average Bonchev–Trinajstić information content (AvgIpc) is 2.15. The highest BCUT2D eigenvalue weighted by molar-refractivity contribution is 5.14. The van der Waals surface area contributed by atoms with Gasteiger partial charge in [0.1, 0.15) is 0 Å². The Morgan fingerprint density at radius 2 is 1.93 bits per heavy atom. The van der Waals surface area contributed by atoms with Gasteiger partial charge in [-0.3, -0.25) is 5.32 Å². The second-order valence-electron chi connectivity index (χ2n) is 3.74. The van der Waals surface area contributed by atoms with Gasteiger partial charge >= 0.3 is 0 Å². The van der Waals surface area contributed by atoms with Crippen molar-refractivity contribution in [2.45, 2.75) is 12.7 Å². The summed E-state index contributed by atoms with van der Waals surface area (Å²) >= 11 is 0. The zero-order chi connectivity index (χ0) is 10.4. The molecule has 0 aromatic heterocycles. The quantitative estimate of drug-likeness (QED) is 0.674. The van der Waals surface area contributed by atoms with Crippen molar-refractivity contribution < 1.29 is 0 Å². The third-order valence-corrected chi connectivity index (χ3v) is 1.97. The largest absolute Gasteiger partial charge is 0.315 e. The molecular weight excluding hydrogens is 174 g/mol. The van der Waals surface area contributed by atoms with E-state index in [1.165, 1.54) is 5.56 Å². The van der Waals surface area contributed by atoms with E-state index < -0.39 is 0 Å². The van der Waals surface area contributed by atoms with E-state index >= 15 is 0 Å². The molecule has 1 aromatic rings. The molecule has 3 heteroatoms. The summed E-state index contributed by atoms with van der Waals surface area (Å²) < 4.78 is 0. The van der Waals surface area contributed by atoms with Gasteiger partial charge in [0.15, 0.2) is 0 Å². The molecule has 0 aliphatic rings. The first kappa shape index (κ1) is 11.2. The molecule has 1 atom stereocenters. The predicted octanol–water partition coefficient (Wildman–Crippen LogP) is 0.623. The van der Waals surface area contributed by atoms with E-state index in [9.17, 15) is 0 Å². The normalized spacial score (nSPS) is 13.1. The topological polar surface area (TPSA) is 41.3 Å². The molecule has 0 aliphatic carbocycles. The molecule has 0 amide bonds. The number of likely N-dealkylation sites (N-methyl/N-ethyl adjacent to an activating group) is 1.